The maximum atomic E-state index is 12.2. The summed E-state index contributed by atoms with van der Waals surface area (Å²) in [5.41, 5.74) is -0.466. The van der Waals surface area contributed by atoms with Gasteiger partial charge in [-0.2, -0.15) is 0 Å². The first-order valence-electron chi connectivity index (χ1n) is 7.65. The van der Waals surface area contributed by atoms with Crippen molar-refractivity contribution in [3.05, 3.63) is 0 Å². The summed E-state index contributed by atoms with van der Waals surface area (Å²) in [7, 11) is 0. The van der Waals surface area contributed by atoms with Crippen molar-refractivity contribution in [1.29, 1.82) is 0 Å². The fourth-order valence-corrected chi connectivity index (χ4v) is 4.09. The van der Waals surface area contributed by atoms with E-state index in [0.717, 1.165) is 38.5 Å². The van der Waals surface area contributed by atoms with E-state index >= 15 is 0 Å². The van der Waals surface area contributed by atoms with E-state index in [1.165, 1.54) is 6.42 Å². The van der Waals surface area contributed by atoms with Crippen molar-refractivity contribution in [2.24, 2.45) is 5.92 Å². The summed E-state index contributed by atoms with van der Waals surface area (Å²) >= 11 is 0. The van der Waals surface area contributed by atoms with Crippen molar-refractivity contribution in [1.82, 2.24) is 0 Å². The number of carbonyl (C=O) groups is 1. The molecule has 5 unspecified atom stereocenters. The lowest BCUT2D eigenvalue weighted by molar-refractivity contribution is -0.152. The Morgan fingerprint density at radius 3 is 2.89 bits per heavy atom. The Morgan fingerprint density at radius 2 is 2.11 bits per heavy atom. The molecule has 4 aliphatic rings. The first-order chi connectivity index (χ1) is 9.12. The normalized spacial score (nSPS) is 50.9. The maximum absolute atomic E-state index is 12.2. The Kier molecular flexibility index (Phi) is 2.53. The molecule has 0 spiro atoms. The maximum Gasteiger partial charge on any atom is 0.341 e. The average Bonchev–Trinajstić information content (AvgIpc) is 3.27. The number of rotatable bonds is 3. The number of epoxide rings is 2. The highest BCUT2D eigenvalue weighted by molar-refractivity contribution is 5.83. The molecule has 2 saturated heterocycles. The van der Waals surface area contributed by atoms with Crippen LogP contribution in [0.25, 0.3) is 0 Å². The minimum Gasteiger partial charge on any atom is -0.463 e. The van der Waals surface area contributed by atoms with E-state index in [0.29, 0.717) is 18.6 Å². The summed E-state index contributed by atoms with van der Waals surface area (Å²) in [6.07, 6.45) is 8.01. The van der Waals surface area contributed by atoms with Gasteiger partial charge < -0.3 is 14.2 Å². The summed E-state index contributed by atoms with van der Waals surface area (Å²) in [5, 5.41) is 0. The van der Waals surface area contributed by atoms with Crippen LogP contribution < -0.4 is 0 Å². The van der Waals surface area contributed by atoms with Gasteiger partial charge in [0.15, 0.2) is 5.60 Å². The third-order valence-corrected chi connectivity index (χ3v) is 5.44. The molecule has 0 bridgehead atoms. The van der Waals surface area contributed by atoms with Crippen molar-refractivity contribution >= 4 is 5.97 Å². The molecule has 4 heteroatoms. The third kappa shape index (κ3) is 1.91. The minimum atomic E-state index is -0.546. The summed E-state index contributed by atoms with van der Waals surface area (Å²) in [4.78, 5) is 12.2. The van der Waals surface area contributed by atoms with Crippen LogP contribution in [-0.4, -0.2) is 36.0 Å². The number of hydrogen-bond acceptors (Lipinski definition) is 4. The molecule has 2 aliphatic carbocycles. The van der Waals surface area contributed by atoms with Gasteiger partial charge in [0, 0.05) is 0 Å². The predicted octanol–water partition coefficient (Wildman–Crippen LogP) is 2.20. The molecule has 19 heavy (non-hydrogen) atoms. The highest BCUT2D eigenvalue weighted by atomic mass is 16.7. The molecule has 0 amide bonds. The van der Waals surface area contributed by atoms with Gasteiger partial charge >= 0.3 is 5.97 Å². The lowest BCUT2D eigenvalue weighted by atomic mass is 9.83. The highest BCUT2D eigenvalue weighted by Gasteiger charge is 2.64. The summed E-state index contributed by atoms with van der Waals surface area (Å²) in [6, 6.07) is 0. The van der Waals surface area contributed by atoms with Crippen LogP contribution in [0.15, 0.2) is 0 Å². The Morgan fingerprint density at radius 1 is 1.21 bits per heavy atom. The van der Waals surface area contributed by atoms with Crippen molar-refractivity contribution in [3.8, 4) is 0 Å². The smallest absolute Gasteiger partial charge is 0.341 e. The molecule has 2 aliphatic heterocycles. The minimum absolute atomic E-state index is 0.0804. The highest BCUT2D eigenvalue weighted by Crippen LogP contribution is 2.50. The van der Waals surface area contributed by atoms with Gasteiger partial charge in [-0.1, -0.05) is 6.42 Å². The van der Waals surface area contributed by atoms with E-state index < -0.39 is 5.60 Å². The van der Waals surface area contributed by atoms with Gasteiger partial charge in [0.25, 0.3) is 0 Å². The topological polar surface area (TPSA) is 51.4 Å². The van der Waals surface area contributed by atoms with E-state index in [1.54, 1.807) is 0 Å². The van der Waals surface area contributed by atoms with Crippen molar-refractivity contribution in [3.63, 3.8) is 0 Å². The van der Waals surface area contributed by atoms with Crippen LogP contribution >= 0.6 is 0 Å². The first-order valence-corrected chi connectivity index (χ1v) is 7.65. The first kappa shape index (κ1) is 12.2. The van der Waals surface area contributed by atoms with Gasteiger partial charge in [0.2, 0.25) is 0 Å². The van der Waals surface area contributed by atoms with Gasteiger partial charge in [-0.25, -0.2) is 4.79 Å². The quantitative estimate of drug-likeness (QED) is 0.580. The molecule has 0 aromatic rings. The predicted molar refractivity (Wildman–Crippen MR) is 67.7 cm³/mol. The SMILES string of the molecule is CC12CC(COC(=O)C34CCCCC3O4)CCC1O2. The lowest BCUT2D eigenvalue weighted by Gasteiger charge is -2.24. The van der Waals surface area contributed by atoms with Crippen LogP contribution in [0.1, 0.15) is 51.9 Å². The van der Waals surface area contributed by atoms with E-state index in [2.05, 4.69) is 6.92 Å². The zero-order chi connectivity index (χ0) is 13.1. The number of carbonyl (C=O) groups excluding carboxylic acids is 1. The molecule has 4 rings (SSSR count). The average molecular weight is 266 g/mol. The van der Waals surface area contributed by atoms with Crippen LogP contribution in [0, 0.1) is 5.92 Å². The molecule has 4 nitrogen and oxygen atoms in total. The van der Waals surface area contributed by atoms with E-state index in [-0.39, 0.29) is 17.7 Å². The van der Waals surface area contributed by atoms with E-state index in [4.69, 9.17) is 14.2 Å². The fourth-order valence-electron chi connectivity index (χ4n) is 4.09. The lowest BCUT2D eigenvalue weighted by Crippen LogP contribution is -2.34. The second kappa shape index (κ2) is 3.95. The molecule has 106 valence electrons. The Labute approximate surface area is 113 Å². The number of fused-ring (bicyclic) bond motifs is 2. The van der Waals surface area contributed by atoms with Crippen LogP contribution in [-0.2, 0) is 19.0 Å². The van der Waals surface area contributed by atoms with Gasteiger partial charge in [-0.05, 0) is 51.4 Å². The number of esters is 1. The number of ether oxygens (including phenoxy) is 3. The molecular formula is C15H22O4. The van der Waals surface area contributed by atoms with Crippen LogP contribution in [0.4, 0.5) is 0 Å². The third-order valence-electron chi connectivity index (χ3n) is 5.44. The second-order valence-electron chi connectivity index (χ2n) is 6.91. The van der Waals surface area contributed by atoms with Gasteiger partial charge in [-0.3, -0.25) is 0 Å². The largest absolute Gasteiger partial charge is 0.463 e. The van der Waals surface area contributed by atoms with Crippen LogP contribution in [0.5, 0.6) is 0 Å². The molecule has 0 aromatic carbocycles. The number of hydrogen-bond donors (Lipinski definition) is 0. The molecule has 0 radical (unpaired) electrons. The standard InChI is InChI=1S/C15H22O4/c1-14-8-10(5-6-11(14)18-14)9-17-13(16)15-7-3-2-4-12(15)19-15/h10-12H,2-9H2,1H3. The van der Waals surface area contributed by atoms with E-state index in [9.17, 15) is 4.79 Å². The van der Waals surface area contributed by atoms with Crippen molar-refractivity contribution in [2.75, 3.05) is 6.61 Å². The molecule has 2 saturated carbocycles. The molecule has 5 atom stereocenters. The Hall–Kier alpha value is -0.610. The summed E-state index contributed by atoms with van der Waals surface area (Å²) in [6.45, 7) is 2.72. The summed E-state index contributed by atoms with van der Waals surface area (Å²) in [5.74, 6) is 0.353. The Balaban J connectivity index is 1.29. The van der Waals surface area contributed by atoms with Crippen molar-refractivity contribution in [2.45, 2.75) is 75.3 Å². The zero-order valence-electron chi connectivity index (χ0n) is 11.5. The molecule has 0 N–H and O–H groups in total. The van der Waals surface area contributed by atoms with Gasteiger partial charge in [0.1, 0.15) is 0 Å². The molecular weight excluding hydrogens is 244 g/mol. The van der Waals surface area contributed by atoms with Crippen molar-refractivity contribution < 1.29 is 19.0 Å². The summed E-state index contributed by atoms with van der Waals surface area (Å²) < 4.78 is 16.9. The zero-order valence-corrected chi connectivity index (χ0v) is 11.5. The van der Waals surface area contributed by atoms with Gasteiger partial charge in [0.05, 0.1) is 24.4 Å². The molecule has 2 heterocycles. The fraction of sp³-hybridized carbons (Fsp3) is 0.933. The Bertz CT molecular complexity index is 409. The van der Waals surface area contributed by atoms with Crippen LogP contribution in [0.2, 0.25) is 0 Å². The van der Waals surface area contributed by atoms with E-state index in [1.807, 2.05) is 0 Å². The monoisotopic (exact) mass is 266 g/mol. The second-order valence-corrected chi connectivity index (χ2v) is 6.91. The van der Waals surface area contributed by atoms with Crippen LogP contribution in [0.3, 0.4) is 0 Å². The molecule has 4 fully saturated rings. The molecule has 0 aromatic heterocycles. The van der Waals surface area contributed by atoms with Gasteiger partial charge in [-0.15, -0.1) is 0 Å².